The Morgan fingerprint density at radius 1 is 1.04 bits per heavy atom. The van der Waals surface area contributed by atoms with Crippen LogP contribution in [0.1, 0.15) is 5.56 Å². The molecular formula is C18H11ClN4. The van der Waals surface area contributed by atoms with E-state index in [1.54, 1.807) is 12.5 Å². The van der Waals surface area contributed by atoms with Crippen LogP contribution in [0.25, 0.3) is 27.6 Å². The van der Waals surface area contributed by atoms with Crippen LogP contribution < -0.4 is 0 Å². The monoisotopic (exact) mass is 318 g/mol. The number of benzene rings is 2. The van der Waals surface area contributed by atoms with E-state index in [-0.39, 0.29) is 0 Å². The number of fused-ring (bicyclic) bond motifs is 3. The molecule has 2 heterocycles. The number of halogens is 1. The molecule has 0 aliphatic rings. The average molecular weight is 319 g/mol. The lowest BCUT2D eigenvalue weighted by Crippen LogP contribution is -1.94. The van der Waals surface area contributed by atoms with Crippen molar-refractivity contribution in [3.05, 3.63) is 65.6 Å². The van der Waals surface area contributed by atoms with Crippen molar-refractivity contribution >= 4 is 33.5 Å². The van der Waals surface area contributed by atoms with E-state index in [4.69, 9.17) is 16.9 Å². The van der Waals surface area contributed by atoms with Crippen LogP contribution in [0.5, 0.6) is 0 Å². The third kappa shape index (κ3) is 2.32. The fraction of sp³-hybridized carbons (Fsp3) is 0.0556. The summed E-state index contributed by atoms with van der Waals surface area (Å²) in [5.41, 5.74) is 4.66. The number of rotatable bonds is 2. The van der Waals surface area contributed by atoms with Crippen LogP contribution in [0.15, 0.2) is 55.0 Å². The maximum absolute atomic E-state index is 8.77. The minimum atomic E-state index is 0.410. The van der Waals surface area contributed by atoms with E-state index < -0.39 is 0 Å². The summed E-state index contributed by atoms with van der Waals surface area (Å²) in [7, 11) is 0. The van der Waals surface area contributed by atoms with E-state index in [9.17, 15) is 0 Å². The number of aromatic nitrogens is 3. The quantitative estimate of drug-likeness (QED) is 0.554. The molecule has 4 nitrogen and oxygen atoms in total. The van der Waals surface area contributed by atoms with E-state index in [0.717, 1.165) is 33.2 Å². The lowest BCUT2D eigenvalue weighted by Gasteiger charge is -2.07. The zero-order chi connectivity index (χ0) is 15.8. The molecule has 0 radical (unpaired) electrons. The largest absolute Gasteiger partial charge is 0.298 e. The SMILES string of the molecule is N#CCc1ccc(-n2cnc3cnc4ccc(Cl)cc4c32)cc1. The topological polar surface area (TPSA) is 54.5 Å². The van der Waals surface area contributed by atoms with Gasteiger partial charge in [-0.25, -0.2) is 4.98 Å². The van der Waals surface area contributed by atoms with Gasteiger partial charge >= 0.3 is 0 Å². The molecule has 2 aromatic heterocycles. The predicted octanol–water partition coefficient (Wildman–Crippen LogP) is 4.29. The number of nitrogens with zero attached hydrogens (tertiary/aromatic N) is 4. The molecule has 0 unspecified atom stereocenters. The average Bonchev–Trinajstić information content (AvgIpc) is 3.00. The summed E-state index contributed by atoms with van der Waals surface area (Å²) >= 11 is 6.15. The molecule has 23 heavy (non-hydrogen) atoms. The van der Waals surface area contributed by atoms with Gasteiger partial charge in [-0.3, -0.25) is 9.55 Å². The van der Waals surface area contributed by atoms with Crippen LogP contribution in [0.4, 0.5) is 0 Å². The van der Waals surface area contributed by atoms with Gasteiger partial charge in [-0.2, -0.15) is 5.26 Å². The van der Waals surface area contributed by atoms with Crippen molar-refractivity contribution in [2.45, 2.75) is 6.42 Å². The fourth-order valence-corrected chi connectivity index (χ4v) is 2.90. The van der Waals surface area contributed by atoms with Crippen LogP contribution in [0.3, 0.4) is 0 Å². The van der Waals surface area contributed by atoms with Crippen molar-refractivity contribution < 1.29 is 0 Å². The molecule has 0 spiro atoms. The second kappa shape index (κ2) is 5.38. The first-order chi connectivity index (χ1) is 11.3. The standard InChI is InChI=1S/C18H11ClN4/c19-13-3-6-16-15(9-13)18-17(10-21-16)22-11-23(18)14-4-1-12(2-5-14)7-8-20/h1-6,9-11H,7H2. The van der Waals surface area contributed by atoms with Gasteiger partial charge in [0.2, 0.25) is 0 Å². The predicted molar refractivity (Wildman–Crippen MR) is 90.7 cm³/mol. The third-order valence-corrected chi connectivity index (χ3v) is 4.07. The van der Waals surface area contributed by atoms with Crippen molar-refractivity contribution in [1.29, 1.82) is 5.26 Å². The molecule has 4 aromatic rings. The van der Waals surface area contributed by atoms with Crippen LogP contribution in [-0.4, -0.2) is 14.5 Å². The molecule has 0 bridgehead atoms. The second-order valence-corrected chi connectivity index (χ2v) is 5.71. The van der Waals surface area contributed by atoms with Crippen molar-refractivity contribution in [3.8, 4) is 11.8 Å². The van der Waals surface area contributed by atoms with Crippen molar-refractivity contribution in [2.24, 2.45) is 0 Å². The summed E-state index contributed by atoms with van der Waals surface area (Å²) in [6.45, 7) is 0. The molecule has 0 fully saturated rings. The molecule has 0 aliphatic heterocycles. The fourth-order valence-electron chi connectivity index (χ4n) is 2.73. The van der Waals surface area contributed by atoms with E-state index >= 15 is 0 Å². The van der Waals surface area contributed by atoms with Gasteiger partial charge in [0.25, 0.3) is 0 Å². The van der Waals surface area contributed by atoms with E-state index in [2.05, 4.69) is 16.0 Å². The molecule has 0 N–H and O–H groups in total. The summed E-state index contributed by atoms with van der Waals surface area (Å²) < 4.78 is 2.02. The van der Waals surface area contributed by atoms with Gasteiger partial charge in [0.05, 0.1) is 29.7 Å². The van der Waals surface area contributed by atoms with Gasteiger partial charge < -0.3 is 0 Å². The third-order valence-electron chi connectivity index (χ3n) is 3.83. The van der Waals surface area contributed by atoms with E-state index in [1.807, 2.05) is 47.0 Å². The number of hydrogen-bond donors (Lipinski definition) is 0. The summed E-state index contributed by atoms with van der Waals surface area (Å²) in [5.74, 6) is 0. The maximum Gasteiger partial charge on any atom is 0.108 e. The van der Waals surface area contributed by atoms with Gasteiger partial charge in [-0.1, -0.05) is 23.7 Å². The summed E-state index contributed by atoms with van der Waals surface area (Å²) in [5, 5.41) is 10.4. The zero-order valence-corrected chi connectivity index (χ0v) is 12.8. The molecule has 4 rings (SSSR count). The van der Waals surface area contributed by atoms with E-state index in [0.29, 0.717) is 11.4 Å². The van der Waals surface area contributed by atoms with Crippen LogP contribution in [0, 0.1) is 11.3 Å². The molecule has 5 heteroatoms. The molecular weight excluding hydrogens is 308 g/mol. The highest BCUT2D eigenvalue weighted by Gasteiger charge is 2.10. The maximum atomic E-state index is 8.77. The molecule has 110 valence electrons. The molecule has 0 atom stereocenters. The molecule has 0 saturated heterocycles. The summed E-state index contributed by atoms with van der Waals surface area (Å²) in [6.07, 6.45) is 3.96. The Balaban J connectivity index is 1.96. The Labute approximate surface area is 137 Å². The molecule has 0 aliphatic carbocycles. The first-order valence-electron chi connectivity index (χ1n) is 7.14. The number of nitriles is 1. The van der Waals surface area contributed by atoms with Gasteiger partial charge in [0.1, 0.15) is 11.8 Å². The van der Waals surface area contributed by atoms with E-state index in [1.165, 1.54) is 0 Å². The second-order valence-electron chi connectivity index (χ2n) is 5.27. The normalized spacial score (nSPS) is 11.0. The van der Waals surface area contributed by atoms with Gasteiger partial charge in [-0.15, -0.1) is 0 Å². The highest BCUT2D eigenvalue weighted by atomic mass is 35.5. The minimum absolute atomic E-state index is 0.410. The highest BCUT2D eigenvalue weighted by Crippen LogP contribution is 2.27. The Bertz CT molecular complexity index is 1060. The van der Waals surface area contributed by atoms with Gasteiger partial charge in [-0.05, 0) is 35.9 Å². The van der Waals surface area contributed by atoms with Crippen molar-refractivity contribution in [1.82, 2.24) is 14.5 Å². The zero-order valence-electron chi connectivity index (χ0n) is 12.1. The van der Waals surface area contributed by atoms with Crippen LogP contribution in [-0.2, 0) is 6.42 Å². The Morgan fingerprint density at radius 2 is 1.87 bits per heavy atom. The van der Waals surface area contributed by atoms with Gasteiger partial charge in [0.15, 0.2) is 0 Å². The minimum Gasteiger partial charge on any atom is -0.298 e. The van der Waals surface area contributed by atoms with Crippen LogP contribution in [0.2, 0.25) is 5.02 Å². The first kappa shape index (κ1) is 13.7. The summed E-state index contributed by atoms with van der Waals surface area (Å²) in [4.78, 5) is 8.86. The number of hydrogen-bond acceptors (Lipinski definition) is 3. The van der Waals surface area contributed by atoms with Gasteiger partial charge in [0, 0.05) is 16.1 Å². The Morgan fingerprint density at radius 3 is 2.65 bits per heavy atom. The Hall–Kier alpha value is -2.90. The number of pyridine rings is 1. The lowest BCUT2D eigenvalue weighted by atomic mass is 10.1. The highest BCUT2D eigenvalue weighted by molar-refractivity contribution is 6.31. The Kier molecular flexibility index (Phi) is 3.22. The molecule has 0 amide bonds. The molecule has 2 aromatic carbocycles. The molecule has 0 saturated carbocycles. The number of imidazole rings is 1. The van der Waals surface area contributed by atoms with Crippen molar-refractivity contribution in [3.63, 3.8) is 0 Å². The van der Waals surface area contributed by atoms with Crippen molar-refractivity contribution in [2.75, 3.05) is 0 Å². The van der Waals surface area contributed by atoms with Crippen LogP contribution >= 0.6 is 11.6 Å². The lowest BCUT2D eigenvalue weighted by molar-refractivity contribution is 1.09. The first-order valence-corrected chi connectivity index (χ1v) is 7.51. The summed E-state index contributed by atoms with van der Waals surface area (Å²) in [6, 6.07) is 15.7. The smallest absolute Gasteiger partial charge is 0.108 e.